The lowest BCUT2D eigenvalue weighted by atomic mass is 10.1. The topological polar surface area (TPSA) is 119 Å². The molecule has 9 nitrogen and oxygen atoms in total. The van der Waals surface area contributed by atoms with E-state index in [0.717, 1.165) is 12.1 Å². The van der Waals surface area contributed by atoms with Crippen molar-refractivity contribution in [1.82, 2.24) is 10.2 Å². The second kappa shape index (κ2) is 9.11. The molecule has 0 aromatic heterocycles. The molecule has 0 aliphatic carbocycles. The number of nitrogens with zero attached hydrogens (tertiary/aromatic N) is 2. The predicted octanol–water partition coefficient (Wildman–Crippen LogP) is 2.15. The van der Waals surface area contributed by atoms with Gasteiger partial charge in [0.15, 0.2) is 0 Å². The van der Waals surface area contributed by atoms with E-state index < -0.39 is 28.0 Å². The Morgan fingerprint density at radius 1 is 1.15 bits per heavy atom. The molecule has 0 aliphatic rings. The van der Waals surface area contributed by atoms with Crippen molar-refractivity contribution in [2.45, 2.75) is 40.2 Å². The first kappa shape index (κ1) is 22.1. The van der Waals surface area contributed by atoms with Gasteiger partial charge in [-0.05, 0) is 40.7 Å². The Labute approximate surface area is 157 Å². The molecule has 0 atom stereocenters. The maximum Gasteiger partial charge on any atom is 0.338 e. The number of carbonyl (C=O) groups excluding carboxylic acids is 3. The van der Waals surface area contributed by atoms with Gasteiger partial charge in [-0.2, -0.15) is 0 Å². The van der Waals surface area contributed by atoms with Gasteiger partial charge in [0.05, 0.1) is 23.6 Å². The number of esters is 1. The van der Waals surface area contributed by atoms with Crippen molar-refractivity contribution < 1.29 is 24.0 Å². The molecule has 1 aromatic rings. The smallest absolute Gasteiger partial charge is 0.338 e. The van der Waals surface area contributed by atoms with Gasteiger partial charge in [0, 0.05) is 29.8 Å². The average Bonchev–Trinajstić information content (AvgIpc) is 2.57. The van der Waals surface area contributed by atoms with Crippen molar-refractivity contribution in [1.29, 1.82) is 0 Å². The number of amides is 2. The summed E-state index contributed by atoms with van der Waals surface area (Å²) < 4.78 is 4.85. The van der Waals surface area contributed by atoms with Crippen LogP contribution in [0.2, 0.25) is 0 Å². The molecule has 1 rings (SSSR count). The molecule has 0 bridgehead atoms. The maximum atomic E-state index is 12.8. The molecule has 0 aliphatic heterocycles. The van der Waals surface area contributed by atoms with Gasteiger partial charge in [0.2, 0.25) is 5.91 Å². The van der Waals surface area contributed by atoms with E-state index in [1.807, 2.05) is 20.8 Å². The van der Waals surface area contributed by atoms with Crippen LogP contribution < -0.4 is 5.32 Å². The van der Waals surface area contributed by atoms with Crippen LogP contribution in [0.15, 0.2) is 18.2 Å². The number of hydrogen-bond acceptors (Lipinski definition) is 6. The van der Waals surface area contributed by atoms with Crippen LogP contribution in [-0.2, 0) is 9.53 Å². The molecule has 0 saturated carbocycles. The number of ether oxygens (including phenoxy) is 1. The van der Waals surface area contributed by atoms with Gasteiger partial charge >= 0.3 is 5.97 Å². The van der Waals surface area contributed by atoms with Gasteiger partial charge in [-0.15, -0.1) is 0 Å². The van der Waals surface area contributed by atoms with Gasteiger partial charge in [0.25, 0.3) is 11.6 Å². The van der Waals surface area contributed by atoms with Crippen LogP contribution in [0.4, 0.5) is 5.69 Å². The fourth-order valence-electron chi connectivity index (χ4n) is 2.31. The molecule has 2 amide bonds. The Hall–Kier alpha value is -2.97. The molecule has 0 fully saturated rings. The highest BCUT2D eigenvalue weighted by Crippen LogP contribution is 2.19. The summed E-state index contributed by atoms with van der Waals surface area (Å²) >= 11 is 0. The first-order valence-electron chi connectivity index (χ1n) is 8.55. The lowest BCUT2D eigenvalue weighted by Gasteiger charge is -2.25. The Kier molecular flexibility index (Phi) is 7.45. The zero-order valence-corrected chi connectivity index (χ0v) is 16.2. The number of non-ortho nitro benzene ring substituents is 1. The van der Waals surface area contributed by atoms with Crippen molar-refractivity contribution in [2.75, 3.05) is 19.7 Å². The highest BCUT2D eigenvalue weighted by atomic mass is 16.6. The SMILES string of the molecule is CCOC(=O)c1cc(C(=O)N(CC)CC(=O)NC(C)(C)C)cc([N+](=O)[O-])c1. The van der Waals surface area contributed by atoms with Crippen LogP contribution in [0.25, 0.3) is 0 Å². The lowest BCUT2D eigenvalue weighted by molar-refractivity contribution is -0.384. The molecule has 0 saturated heterocycles. The summed E-state index contributed by atoms with van der Waals surface area (Å²) in [6.07, 6.45) is 0. The second-order valence-electron chi connectivity index (χ2n) is 6.86. The van der Waals surface area contributed by atoms with Crippen molar-refractivity contribution >= 4 is 23.5 Å². The molecule has 0 unspecified atom stereocenters. The molecular weight excluding hydrogens is 354 g/mol. The third-order valence-corrected chi connectivity index (χ3v) is 3.40. The number of nitro groups is 1. The minimum absolute atomic E-state index is 0.0577. The first-order valence-corrected chi connectivity index (χ1v) is 8.55. The molecule has 1 N–H and O–H groups in total. The molecule has 1 aromatic carbocycles. The van der Waals surface area contributed by atoms with E-state index in [9.17, 15) is 24.5 Å². The zero-order valence-electron chi connectivity index (χ0n) is 16.2. The molecule has 0 spiro atoms. The number of nitro benzene ring substituents is 1. The van der Waals surface area contributed by atoms with Crippen LogP contribution in [0, 0.1) is 10.1 Å². The Morgan fingerprint density at radius 2 is 1.74 bits per heavy atom. The van der Waals surface area contributed by atoms with Crippen LogP contribution in [0.3, 0.4) is 0 Å². The van der Waals surface area contributed by atoms with Crippen LogP contribution in [-0.4, -0.2) is 52.8 Å². The summed E-state index contributed by atoms with van der Waals surface area (Å²) in [6, 6.07) is 3.37. The molecular formula is C18H25N3O6. The normalized spacial score (nSPS) is 10.9. The van der Waals surface area contributed by atoms with Gasteiger partial charge < -0.3 is 15.0 Å². The van der Waals surface area contributed by atoms with Crippen molar-refractivity contribution in [2.24, 2.45) is 0 Å². The number of nitrogens with one attached hydrogen (secondary N) is 1. The average molecular weight is 379 g/mol. The van der Waals surface area contributed by atoms with Crippen LogP contribution in [0.1, 0.15) is 55.3 Å². The first-order chi connectivity index (χ1) is 12.5. The van der Waals surface area contributed by atoms with Gasteiger partial charge in [0.1, 0.15) is 0 Å². The van der Waals surface area contributed by atoms with E-state index in [0.29, 0.717) is 0 Å². The summed E-state index contributed by atoms with van der Waals surface area (Å²) in [7, 11) is 0. The third kappa shape index (κ3) is 6.69. The van der Waals surface area contributed by atoms with E-state index in [2.05, 4.69) is 5.32 Å². The second-order valence-corrected chi connectivity index (χ2v) is 6.86. The van der Waals surface area contributed by atoms with Gasteiger partial charge in [-0.25, -0.2) is 4.79 Å². The fraction of sp³-hybridized carbons (Fsp3) is 0.500. The van der Waals surface area contributed by atoms with E-state index >= 15 is 0 Å². The number of carbonyl (C=O) groups is 3. The van der Waals surface area contributed by atoms with Gasteiger partial charge in [-0.3, -0.25) is 19.7 Å². The lowest BCUT2D eigenvalue weighted by Crippen LogP contribution is -2.47. The van der Waals surface area contributed by atoms with Gasteiger partial charge in [-0.1, -0.05) is 0 Å². The van der Waals surface area contributed by atoms with Crippen molar-refractivity contribution in [3.63, 3.8) is 0 Å². The van der Waals surface area contributed by atoms with E-state index in [4.69, 9.17) is 4.74 Å². The number of benzene rings is 1. The molecule has 27 heavy (non-hydrogen) atoms. The largest absolute Gasteiger partial charge is 0.462 e. The van der Waals surface area contributed by atoms with Crippen molar-refractivity contribution in [3.8, 4) is 0 Å². The molecule has 9 heteroatoms. The van der Waals surface area contributed by atoms with E-state index in [1.165, 1.54) is 11.0 Å². The Bertz CT molecular complexity index is 739. The van der Waals surface area contributed by atoms with Crippen molar-refractivity contribution in [3.05, 3.63) is 39.4 Å². The summed E-state index contributed by atoms with van der Waals surface area (Å²) in [5, 5.41) is 13.9. The summed E-state index contributed by atoms with van der Waals surface area (Å²) in [6.45, 7) is 8.84. The minimum atomic E-state index is -0.760. The van der Waals surface area contributed by atoms with Crippen LogP contribution >= 0.6 is 0 Å². The summed E-state index contributed by atoms with van der Waals surface area (Å²) in [5.74, 6) is -1.70. The molecule has 0 radical (unpaired) electrons. The zero-order chi connectivity index (χ0) is 20.8. The summed E-state index contributed by atoms with van der Waals surface area (Å²) in [4.78, 5) is 48.5. The summed E-state index contributed by atoms with van der Waals surface area (Å²) in [5.41, 5.74) is -1.01. The fourth-order valence-corrected chi connectivity index (χ4v) is 2.31. The number of rotatable bonds is 7. The highest BCUT2D eigenvalue weighted by Gasteiger charge is 2.24. The minimum Gasteiger partial charge on any atom is -0.462 e. The Morgan fingerprint density at radius 3 is 2.22 bits per heavy atom. The maximum absolute atomic E-state index is 12.8. The third-order valence-electron chi connectivity index (χ3n) is 3.40. The van der Waals surface area contributed by atoms with Crippen LogP contribution in [0.5, 0.6) is 0 Å². The number of hydrogen-bond donors (Lipinski definition) is 1. The monoisotopic (exact) mass is 379 g/mol. The quantitative estimate of drug-likeness (QED) is 0.440. The predicted molar refractivity (Wildman–Crippen MR) is 98.5 cm³/mol. The molecule has 148 valence electrons. The highest BCUT2D eigenvalue weighted by molar-refractivity contribution is 6.00. The molecule has 0 heterocycles. The number of likely N-dealkylation sites (N-methyl/N-ethyl adjacent to an activating group) is 1. The van der Waals surface area contributed by atoms with E-state index in [-0.39, 0.29) is 36.7 Å². The standard InChI is InChI=1S/C18H25N3O6/c1-6-20(11-15(22)19-18(3,4)5)16(23)12-8-13(17(24)27-7-2)10-14(9-12)21(25)26/h8-10H,6-7,11H2,1-5H3,(H,19,22). The van der Waals surface area contributed by atoms with E-state index in [1.54, 1.807) is 13.8 Å². The Balaban J connectivity index is 3.16.